The summed E-state index contributed by atoms with van der Waals surface area (Å²) in [5.74, 6) is 0. The molecule has 2 heterocycles. The van der Waals surface area contributed by atoms with E-state index in [9.17, 15) is 4.79 Å². The standard InChI is InChI=1S/C6H5ClI2NO/c7-5-1-4(9-3-8-9)2-10-6(5)11/h1-2H,3H2,(H,10,11)/q-1. The quantitative estimate of drug-likeness (QED) is 0.464. The normalized spacial score (nSPS) is 19.2. The molecule has 0 atom stereocenters. The molecule has 5 heteroatoms. The molecule has 2 rings (SSSR count). The van der Waals surface area contributed by atoms with E-state index in [4.69, 9.17) is 11.6 Å². The third-order valence-corrected chi connectivity index (χ3v) is 15.6. The topological polar surface area (TPSA) is 32.9 Å². The van der Waals surface area contributed by atoms with Gasteiger partial charge >= 0.3 is 83.3 Å². The van der Waals surface area contributed by atoms with E-state index in [0.29, 0.717) is 22.3 Å². The Morgan fingerprint density at radius 3 is 3.00 bits per heavy atom. The SMILES string of the molecule is O=c1[nH]cc(I2C[I-]2)cc1Cl. The maximum atomic E-state index is 10.9. The average molecular weight is 396 g/mol. The summed E-state index contributed by atoms with van der Waals surface area (Å²) in [7, 11) is 0. The fraction of sp³-hybridized carbons (Fsp3) is 0.167. The van der Waals surface area contributed by atoms with Crippen LogP contribution in [0.2, 0.25) is 5.02 Å². The second kappa shape index (κ2) is 3.21. The molecular weight excluding hydrogens is 391 g/mol. The van der Waals surface area contributed by atoms with Gasteiger partial charge in [0.2, 0.25) is 0 Å². The van der Waals surface area contributed by atoms with Gasteiger partial charge in [-0.15, -0.1) is 0 Å². The number of rotatable bonds is 1. The van der Waals surface area contributed by atoms with Gasteiger partial charge in [0.1, 0.15) is 0 Å². The molecular formula is C6H5ClI2NO-. The van der Waals surface area contributed by atoms with Gasteiger partial charge in [0.05, 0.1) is 0 Å². The summed E-state index contributed by atoms with van der Waals surface area (Å²) < 4.78 is 2.86. The van der Waals surface area contributed by atoms with Crippen molar-refractivity contribution in [3.05, 3.63) is 31.2 Å². The first kappa shape index (κ1) is 8.31. The van der Waals surface area contributed by atoms with Crippen LogP contribution in [0.4, 0.5) is 0 Å². The molecule has 0 spiro atoms. The minimum absolute atomic E-state index is 0.161. The molecule has 1 aromatic rings. The van der Waals surface area contributed by atoms with Crippen LogP contribution in [0.3, 0.4) is 0 Å². The summed E-state index contributed by atoms with van der Waals surface area (Å²) in [5, 5.41) is 0.357. The van der Waals surface area contributed by atoms with Crippen molar-refractivity contribution in [3.8, 4) is 0 Å². The van der Waals surface area contributed by atoms with E-state index in [1.807, 2.05) is 12.3 Å². The molecule has 0 saturated carbocycles. The minimum atomic E-state index is -0.629. The molecule has 1 saturated heterocycles. The summed E-state index contributed by atoms with van der Waals surface area (Å²) >= 11 is 5.60. The Kier molecular flexibility index (Phi) is 2.43. The summed E-state index contributed by atoms with van der Waals surface area (Å²) in [6.45, 7) is 0. The van der Waals surface area contributed by atoms with E-state index in [0.717, 1.165) is 0 Å². The second-order valence-corrected chi connectivity index (χ2v) is 20.9. The van der Waals surface area contributed by atoms with Gasteiger partial charge < -0.3 is 0 Å². The number of aromatic amines is 1. The Morgan fingerprint density at radius 2 is 2.45 bits per heavy atom. The number of hydrogen-bond acceptors (Lipinski definition) is 1. The van der Waals surface area contributed by atoms with Gasteiger partial charge in [0.25, 0.3) is 0 Å². The van der Waals surface area contributed by atoms with Crippen molar-refractivity contribution in [2.45, 2.75) is 0 Å². The van der Waals surface area contributed by atoms with Crippen LogP contribution in [0.25, 0.3) is 0 Å². The number of halogens is 3. The molecule has 1 aliphatic heterocycles. The summed E-state index contributed by atoms with van der Waals surface area (Å²) in [5.41, 5.74) is -0.161. The zero-order chi connectivity index (χ0) is 7.84. The molecule has 11 heavy (non-hydrogen) atoms. The van der Waals surface area contributed by atoms with E-state index >= 15 is 0 Å². The van der Waals surface area contributed by atoms with E-state index < -0.39 is 15.8 Å². The van der Waals surface area contributed by atoms with Crippen molar-refractivity contribution in [2.24, 2.45) is 0 Å². The van der Waals surface area contributed by atoms with Gasteiger partial charge in [-0.1, -0.05) is 0 Å². The predicted molar refractivity (Wildman–Crippen MR) is 49.7 cm³/mol. The molecule has 1 aliphatic rings. The molecule has 1 fully saturated rings. The van der Waals surface area contributed by atoms with Crippen LogP contribution >= 0.6 is 27.4 Å². The van der Waals surface area contributed by atoms with Crippen LogP contribution in [0.15, 0.2) is 17.1 Å². The van der Waals surface area contributed by atoms with Gasteiger partial charge in [-0.25, -0.2) is 0 Å². The van der Waals surface area contributed by atoms with Crippen molar-refractivity contribution in [3.63, 3.8) is 0 Å². The van der Waals surface area contributed by atoms with Gasteiger partial charge in [0, 0.05) is 0 Å². The first-order chi connectivity index (χ1) is 5.27. The Morgan fingerprint density at radius 1 is 1.73 bits per heavy atom. The van der Waals surface area contributed by atoms with E-state index in [1.54, 1.807) is 0 Å². The first-order valence-corrected chi connectivity index (χ1v) is 13.7. The van der Waals surface area contributed by atoms with Crippen LogP contribution in [-0.2, 0) is 0 Å². The van der Waals surface area contributed by atoms with Gasteiger partial charge in [0.15, 0.2) is 0 Å². The van der Waals surface area contributed by atoms with Crippen LogP contribution in [0.1, 0.15) is 0 Å². The number of hydrogen-bond donors (Lipinski definition) is 1. The van der Waals surface area contributed by atoms with Crippen molar-refractivity contribution in [2.75, 3.05) is 2.43 Å². The fourth-order valence-electron chi connectivity index (χ4n) is 0.686. The van der Waals surface area contributed by atoms with Crippen molar-refractivity contribution in [1.82, 2.24) is 4.98 Å². The van der Waals surface area contributed by atoms with Crippen molar-refractivity contribution < 1.29 is 17.2 Å². The summed E-state index contributed by atoms with van der Waals surface area (Å²) in [6.07, 6.45) is 1.85. The third kappa shape index (κ3) is 1.89. The Hall–Kier alpha value is 0.700. The number of H-pyrrole nitrogens is 1. The molecule has 1 N–H and O–H groups in total. The number of aromatic nitrogens is 1. The summed E-state index contributed by atoms with van der Waals surface area (Å²) in [6, 6.07) is 1.86. The second-order valence-electron chi connectivity index (χ2n) is 2.00. The predicted octanol–water partition coefficient (Wildman–Crippen LogP) is -1.32. The van der Waals surface area contributed by atoms with Crippen molar-refractivity contribution >= 4 is 27.4 Å². The molecule has 0 unspecified atom stereocenters. The maximum absolute atomic E-state index is 10.9. The number of nitrogens with one attached hydrogen (secondary N) is 1. The Balaban J connectivity index is 2.44. The molecule has 1 aromatic heterocycles. The first-order valence-electron chi connectivity index (χ1n) is 2.91. The molecule has 2 nitrogen and oxygen atoms in total. The van der Waals surface area contributed by atoms with Gasteiger partial charge in [-0.3, -0.25) is 0 Å². The molecule has 0 aliphatic carbocycles. The molecule has 0 radical (unpaired) electrons. The number of pyridine rings is 1. The van der Waals surface area contributed by atoms with Crippen LogP contribution in [-0.4, -0.2) is 7.42 Å². The van der Waals surface area contributed by atoms with Crippen molar-refractivity contribution in [1.29, 1.82) is 0 Å². The van der Waals surface area contributed by atoms with Gasteiger partial charge in [-0.2, -0.15) is 0 Å². The monoisotopic (exact) mass is 396 g/mol. The van der Waals surface area contributed by atoms with E-state index in [-0.39, 0.29) is 5.56 Å². The van der Waals surface area contributed by atoms with E-state index in [2.05, 4.69) is 4.98 Å². The molecule has 0 bridgehead atoms. The fourth-order valence-corrected chi connectivity index (χ4v) is 14.6. The molecule has 62 valence electrons. The zero-order valence-electron chi connectivity index (χ0n) is 5.40. The Labute approximate surface area is 82.4 Å². The van der Waals surface area contributed by atoms with Crippen LogP contribution in [0.5, 0.6) is 0 Å². The summed E-state index contributed by atoms with van der Waals surface area (Å²) in [4.78, 5) is 13.5. The van der Waals surface area contributed by atoms with Gasteiger partial charge in [-0.05, 0) is 0 Å². The number of alkyl halides is 2. The molecule has 0 aromatic carbocycles. The average Bonchev–Trinajstić information content (AvgIpc) is 2.77. The third-order valence-electron chi connectivity index (χ3n) is 1.26. The van der Waals surface area contributed by atoms with Crippen LogP contribution in [0, 0.1) is 3.57 Å². The van der Waals surface area contributed by atoms with Crippen LogP contribution < -0.4 is 22.8 Å². The molecule has 0 amide bonds. The van der Waals surface area contributed by atoms with E-state index in [1.165, 1.54) is 6.00 Å². The Bertz CT molecular complexity index is 334. The zero-order valence-corrected chi connectivity index (χ0v) is 10.5.